The third-order valence-electron chi connectivity index (χ3n) is 2.73. The second-order valence-corrected chi connectivity index (χ2v) is 5.38. The van der Waals surface area contributed by atoms with Crippen molar-refractivity contribution in [1.82, 2.24) is 0 Å². The first-order valence-corrected chi connectivity index (χ1v) is 7.48. The molecule has 20 heavy (non-hydrogen) atoms. The lowest BCUT2D eigenvalue weighted by Gasteiger charge is -2.06. The van der Waals surface area contributed by atoms with Gasteiger partial charge in [0, 0.05) is 17.2 Å². The van der Waals surface area contributed by atoms with Gasteiger partial charge in [0.25, 0.3) is 0 Å². The number of hydrogen-bond acceptors (Lipinski definition) is 4. The van der Waals surface area contributed by atoms with Gasteiger partial charge in [-0.25, -0.2) is 0 Å². The van der Waals surface area contributed by atoms with Crippen molar-refractivity contribution in [3.8, 4) is 11.8 Å². The smallest absolute Gasteiger partial charge is 0.119 e. The van der Waals surface area contributed by atoms with Gasteiger partial charge in [-0.1, -0.05) is 12.1 Å². The first kappa shape index (κ1) is 14.3. The molecular formula is C16H16N2OS. The number of anilines is 1. The van der Waals surface area contributed by atoms with Crippen LogP contribution in [-0.2, 0) is 5.75 Å². The Hall–Kier alpha value is -2.12. The van der Waals surface area contributed by atoms with Gasteiger partial charge < -0.3 is 10.5 Å². The third-order valence-corrected chi connectivity index (χ3v) is 3.72. The summed E-state index contributed by atoms with van der Waals surface area (Å²) >= 11 is 1.81. The van der Waals surface area contributed by atoms with Crippen LogP contribution in [0.5, 0.6) is 5.75 Å². The summed E-state index contributed by atoms with van der Waals surface area (Å²) in [5.74, 6) is 2.69. The molecule has 0 heterocycles. The Balaban J connectivity index is 1.66. The second kappa shape index (κ2) is 7.46. The van der Waals surface area contributed by atoms with Gasteiger partial charge in [0.2, 0.25) is 0 Å². The number of rotatable bonds is 6. The molecule has 0 saturated heterocycles. The highest BCUT2D eigenvalue weighted by Gasteiger charge is 1.97. The topological polar surface area (TPSA) is 59.0 Å². The van der Waals surface area contributed by atoms with E-state index in [1.165, 1.54) is 5.56 Å². The fourth-order valence-electron chi connectivity index (χ4n) is 1.65. The summed E-state index contributed by atoms with van der Waals surface area (Å²) in [6.07, 6.45) is 0. The maximum atomic E-state index is 8.72. The molecule has 0 saturated carbocycles. The Bertz CT molecular complexity index is 573. The minimum Gasteiger partial charge on any atom is -0.493 e. The summed E-state index contributed by atoms with van der Waals surface area (Å²) in [6, 6.07) is 17.2. The van der Waals surface area contributed by atoms with Crippen LogP contribution in [0.15, 0.2) is 48.5 Å². The number of benzene rings is 2. The Labute approximate surface area is 123 Å². The van der Waals surface area contributed by atoms with Crippen LogP contribution in [0, 0.1) is 11.3 Å². The predicted octanol–water partition coefficient (Wildman–Crippen LogP) is 3.45. The molecule has 0 bridgehead atoms. The van der Waals surface area contributed by atoms with Crippen LogP contribution in [0.2, 0.25) is 0 Å². The number of nitriles is 1. The number of nitrogens with zero attached hydrogens (tertiary/aromatic N) is 1. The monoisotopic (exact) mass is 284 g/mol. The lowest BCUT2D eigenvalue weighted by atomic mass is 10.2. The van der Waals surface area contributed by atoms with Crippen LogP contribution in [-0.4, -0.2) is 12.4 Å². The fourth-order valence-corrected chi connectivity index (χ4v) is 2.42. The minimum atomic E-state index is 0.671. The molecule has 4 heteroatoms. The van der Waals surface area contributed by atoms with E-state index in [1.807, 2.05) is 60.3 Å². The summed E-state index contributed by atoms with van der Waals surface area (Å²) in [7, 11) is 0. The summed E-state index contributed by atoms with van der Waals surface area (Å²) < 4.78 is 5.62. The molecule has 2 aromatic rings. The van der Waals surface area contributed by atoms with Gasteiger partial charge in [-0.3, -0.25) is 0 Å². The molecular weight excluding hydrogens is 268 g/mol. The number of nitrogens with two attached hydrogens (primary N) is 1. The molecule has 2 aromatic carbocycles. The summed E-state index contributed by atoms with van der Waals surface area (Å²) in [6.45, 7) is 0.671. The van der Waals surface area contributed by atoms with E-state index in [1.54, 1.807) is 0 Å². The first-order chi connectivity index (χ1) is 9.78. The molecule has 0 amide bonds. The Morgan fingerprint density at radius 3 is 2.40 bits per heavy atom. The van der Waals surface area contributed by atoms with Crippen molar-refractivity contribution in [2.45, 2.75) is 5.75 Å². The van der Waals surface area contributed by atoms with E-state index >= 15 is 0 Å². The van der Waals surface area contributed by atoms with E-state index in [9.17, 15) is 0 Å². The normalized spacial score (nSPS) is 9.95. The highest BCUT2D eigenvalue weighted by molar-refractivity contribution is 7.98. The van der Waals surface area contributed by atoms with Gasteiger partial charge in [-0.2, -0.15) is 17.0 Å². The van der Waals surface area contributed by atoms with Gasteiger partial charge in [0.15, 0.2) is 0 Å². The van der Waals surface area contributed by atoms with E-state index in [0.717, 1.165) is 22.9 Å². The number of nitrogen functional groups attached to an aromatic ring is 1. The Morgan fingerprint density at radius 2 is 1.75 bits per heavy atom. The van der Waals surface area contributed by atoms with E-state index in [4.69, 9.17) is 15.7 Å². The molecule has 3 nitrogen and oxygen atoms in total. The summed E-state index contributed by atoms with van der Waals surface area (Å²) in [4.78, 5) is 0. The molecule has 0 spiro atoms. The lowest BCUT2D eigenvalue weighted by molar-refractivity contribution is 0.344. The van der Waals surface area contributed by atoms with Gasteiger partial charge in [0.1, 0.15) is 5.75 Å². The highest BCUT2D eigenvalue weighted by Crippen LogP contribution is 2.15. The first-order valence-electron chi connectivity index (χ1n) is 6.33. The quantitative estimate of drug-likeness (QED) is 0.652. The van der Waals surface area contributed by atoms with E-state index in [0.29, 0.717) is 12.2 Å². The van der Waals surface area contributed by atoms with Crippen molar-refractivity contribution in [1.29, 1.82) is 5.26 Å². The maximum Gasteiger partial charge on any atom is 0.119 e. The molecule has 0 aliphatic carbocycles. The largest absolute Gasteiger partial charge is 0.493 e. The van der Waals surface area contributed by atoms with Crippen molar-refractivity contribution >= 4 is 17.4 Å². The van der Waals surface area contributed by atoms with Crippen LogP contribution in [0.1, 0.15) is 11.1 Å². The number of thioether (sulfide) groups is 1. The average Bonchev–Trinajstić information content (AvgIpc) is 2.49. The SMILES string of the molecule is N#Cc1ccc(CSCCOc2ccc(N)cc2)cc1. The molecule has 2 rings (SSSR count). The van der Waals surface area contributed by atoms with Crippen molar-refractivity contribution in [3.05, 3.63) is 59.7 Å². The molecule has 0 radical (unpaired) electrons. The van der Waals surface area contributed by atoms with Gasteiger partial charge >= 0.3 is 0 Å². The minimum absolute atomic E-state index is 0.671. The molecule has 0 aliphatic rings. The number of hydrogen-bond donors (Lipinski definition) is 1. The second-order valence-electron chi connectivity index (χ2n) is 4.28. The molecule has 102 valence electrons. The molecule has 0 fully saturated rings. The molecule has 0 aliphatic heterocycles. The summed E-state index contributed by atoms with van der Waals surface area (Å²) in [5, 5.41) is 8.72. The Kier molecular flexibility index (Phi) is 5.33. The van der Waals surface area contributed by atoms with Gasteiger partial charge in [0.05, 0.1) is 18.2 Å². The zero-order valence-corrected chi connectivity index (χ0v) is 11.9. The van der Waals surface area contributed by atoms with Crippen LogP contribution in [0.3, 0.4) is 0 Å². The van der Waals surface area contributed by atoms with Gasteiger partial charge in [-0.15, -0.1) is 0 Å². The predicted molar refractivity (Wildman–Crippen MR) is 83.7 cm³/mol. The Morgan fingerprint density at radius 1 is 1.05 bits per heavy atom. The zero-order chi connectivity index (χ0) is 14.2. The van der Waals surface area contributed by atoms with Crippen LogP contribution >= 0.6 is 11.8 Å². The maximum absolute atomic E-state index is 8.72. The molecule has 2 N–H and O–H groups in total. The number of ether oxygens (including phenoxy) is 1. The molecule has 0 atom stereocenters. The van der Waals surface area contributed by atoms with Gasteiger partial charge in [-0.05, 0) is 42.0 Å². The van der Waals surface area contributed by atoms with Crippen molar-refractivity contribution in [2.75, 3.05) is 18.1 Å². The van der Waals surface area contributed by atoms with Crippen molar-refractivity contribution in [3.63, 3.8) is 0 Å². The van der Waals surface area contributed by atoms with E-state index < -0.39 is 0 Å². The van der Waals surface area contributed by atoms with Crippen LogP contribution < -0.4 is 10.5 Å². The molecule has 0 aromatic heterocycles. The fraction of sp³-hybridized carbons (Fsp3) is 0.188. The standard InChI is InChI=1S/C16H16N2OS/c17-11-13-1-3-14(4-2-13)12-20-10-9-19-16-7-5-15(18)6-8-16/h1-8H,9-10,12,18H2. The molecule has 0 unspecified atom stereocenters. The van der Waals surface area contributed by atoms with Crippen LogP contribution in [0.25, 0.3) is 0 Å². The van der Waals surface area contributed by atoms with E-state index in [2.05, 4.69) is 6.07 Å². The lowest BCUT2D eigenvalue weighted by Crippen LogP contribution is -2.00. The third kappa shape index (κ3) is 4.52. The average molecular weight is 284 g/mol. The van der Waals surface area contributed by atoms with Crippen molar-refractivity contribution < 1.29 is 4.74 Å². The summed E-state index contributed by atoms with van der Waals surface area (Å²) in [5.41, 5.74) is 8.27. The van der Waals surface area contributed by atoms with Crippen LogP contribution in [0.4, 0.5) is 5.69 Å². The van der Waals surface area contributed by atoms with E-state index in [-0.39, 0.29) is 0 Å². The highest BCUT2D eigenvalue weighted by atomic mass is 32.2. The van der Waals surface area contributed by atoms with Crippen molar-refractivity contribution in [2.24, 2.45) is 0 Å². The zero-order valence-electron chi connectivity index (χ0n) is 11.1.